The number of hydrogen-bond donors (Lipinski definition) is 0. The second kappa shape index (κ2) is 13.5. The molecule has 11 aromatic rings. The molecule has 0 saturated heterocycles. The Morgan fingerprint density at radius 1 is 0.333 bits per heavy atom. The Morgan fingerprint density at radius 2 is 0.812 bits per heavy atom. The van der Waals surface area contributed by atoms with Crippen LogP contribution in [0.4, 0.5) is 17.1 Å². The maximum absolute atomic E-state index is 2.55. The van der Waals surface area contributed by atoms with Gasteiger partial charge in [-0.25, -0.2) is 0 Å². The maximum Gasteiger partial charge on any atom is 0.0754 e. The Bertz CT molecular complexity index is 3940. The highest BCUT2D eigenvalue weighted by molar-refractivity contribution is 6.13. The average Bonchev–Trinajstić information content (AvgIpc) is 4.04. The Balaban J connectivity index is 0.982. The van der Waals surface area contributed by atoms with Crippen LogP contribution in [-0.2, 0) is 16.2 Å². The van der Waals surface area contributed by atoms with Crippen molar-refractivity contribution >= 4 is 38.9 Å². The van der Waals surface area contributed by atoms with E-state index in [0.717, 1.165) is 17.1 Å². The van der Waals surface area contributed by atoms with Gasteiger partial charge in [-0.2, -0.15) is 0 Å². The minimum atomic E-state index is -0.543. The van der Waals surface area contributed by atoms with E-state index in [9.17, 15) is 0 Å². The summed E-state index contributed by atoms with van der Waals surface area (Å²) in [6.07, 6.45) is 0. The van der Waals surface area contributed by atoms with Crippen LogP contribution < -0.4 is 4.90 Å². The number of anilines is 3. The van der Waals surface area contributed by atoms with Crippen molar-refractivity contribution in [2.75, 3.05) is 4.90 Å². The number of aromatic nitrogens is 1. The minimum Gasteiger partial charge on any atom is -0.310 e. The van der Waals surface area contributed by atoms with Gasteiger partial charge < -0.3 is 9.47 Å². The highest BCUT2D eigenvalue weighted by atomic mass is 15.1. The zero-order chi connectivity index (χ0) is 46.0. The van der Waals surface area contributed by atoms with Crippen molar-refractivity contribution in [2.24, 2.45) is 0 Å². The molecule has 4 aliphatic rings. The normalized spacial score (nSPS) is 16.7. The molecule has 1 unspecified atom stereocenters. The number of rotatable bonds is 4. The quantitative estimate of drug-likeness (QED) is 0.171. The van der Waals surface area contributed by atoms with E-state index in [-0.39, 0.29) is 10.8 Å². The molecule has 0 fully saturated rings. The molecule has 15 rings (SSSR count). The fourth-order valence-corrected chi connectivity index (χ4v) is 13.7. The first-order chi connectivity index (χ1) is 33.8. The molecule has 10 aromatic carbocycles. The third-order valence-electron chi connectivity index (χ3n) is 16.8. The molecule has 2 nitrogen and oxygen atoms in total. The summed E-state index contributed by atoms with van der Waals surface area (Å²) in [6, 6.07) is 83.1. The molecule has 0 bridgehead atoms. The van der Waals surface area contributed by atoms with Gasteiger partial charge in [-0.15, -0.1) is 0 Å². The van der Waals surface area contributed by atoms with Crippen LogP contribution in [0.1, 0.15) is 72.2 Å². The summed E-state index contributed by atoms with van der Waals surface area (Å²) in [5.41, 5.74) is 27.5. The van der Waals surface area contributed by atoms with Gasteiger partial charge in [0.05, 0.1) is 27.8 Å². The van der Waals surface area contributed by atoms with Crippen molar-refractivity contribution < 1.29 is 0 Å². The van der Waals surface area contributed by atoms with Crippen LogP contribution in [0.3, 0.4) is 0 Å². The number of fused-ring (bicyclic) bond motifs is 18. The van der Waals surface area contributed by atoms with E-state index < -0.39 is 5.41 Å². The molecular weight excluding hydrogens is 833 g/mol. The van der Waals surface area contributed by atoms with Gasteiger partial charge in [0.2, 0.25) is 0 Å². The molecule has 1 spiro atoms. The van der Waals surface area contributed by atoms with Crippen molar-refractivity contribution in [1.29, 1.82) is 0 Å². The first-order valence-corrected chi connectivity index (χ1v) is 24.5. The number of benzene rings is 10. The largest absolute Gasteiger partial charge is 0.310 e. The van der Waals surface area contributed by atoms with Crippen LogP contribution in [0.15, 0.2) is 218 Å². The Kier molecular flexibility index (Phi) is 7.60. The summed E-state index contributed by atoms with van der Waals surface area (Å²) in [4.78, 5) is 2.54. The molecule has 0 saturated carbocycles. The van der Waals surface area contributed by atoms with Gasteiger partial charge in [-0.05, 0) is 132 Å². The highest BCUT2D eigenvalue weighted by Crippen LogP contribution is 2.62. The van der Waals surface area contributed by atoms with Gasteiger partial charge in [-0.1, -0.05) is 198 Å². The van der Waals surface area contributed by atoms with Gasteiger partial charge >= 0.3 is 0 Å². The summed E-state index contributed by atoms with van der Waals surface area (Å²) in [5, 5.41) is 2.58. The molecular formula is C67H48N2. The van der Waals surface area contributed by atoms with Crippen molar-refractivity contribution in [3.05, 3.63) is 263 Å². The number of para-hydroxylation sites is 4. The lowest BCUT2D eigenvalue weighted by atomic mass is 9.65. The summed E-state index contributed by atoms with van der Waals surface area (Å²) >= 11 is 0. The molecule has 2 heteroatoms. The molecule has 0 N–H and O–H groups in total. The van der Waals surface area contributed by atoms with Crippen LogP contribution in [0.2, 0.25) is 0 Å². The summed E-state index contributed by atoms with van der Waals surface area (Å²) in [6.45, 7) is 9.54. The molecule has 69 heavy (non-hydrogen) atoms. The Hall–Kier alpha value is -8.20. The number of nitrogens with zero attached hydrogens (tertiary/aromatic N) is 2. The van der Waals surface area contributed by atoms with Gasteiger partial charge in [0.1, 0.15) is 0 Å². The molecule has 1 aliphatic heterocycles. The van der Waals surface area contributed by atoms with Crippen molar-refractivity contribution in [3.63, 3.8) is 0 Å². The highest BCUT2D eigenvalue weighted by Gasteiger charge is 2.51. The molecule has 0 amide bonds. The lowest BCUT2D eigenvalue weighted by Crippen LogP contribution is -2.33. The summed E-state index contributed by atoms with van der Waals surface area (Å²) in [7, 11) is 0. The van der Waals surface area contributed by atoms with E-state index in [2.05, 4.69) is 256 Å². The number of hydrogen-bond acceptors (Lipinski definition) is 1. The lowest BCUT2D eigenvalue weighted by molar-refractivity contribution is 0.660. The van der Waals surface area contributed by atoms with Crippen LogP contribution >= 0.6 is 0 Å². The van der Waals surface area contributed by atoms with Crippen LogP contribution in [0.25, 0.3) is 72.0 Å². The van der Waals surface area contributed by atoms with E-state index >= 15 is 0 Å². The zero-order valence-electron chi connectivity index (χ0n) is 39.2. The van der Waals surface area contributed by atoms with E-state index in [1.165, 1.54) is 117 Å². The predicted molar refractivity (Wildman–Crippen MR) is 287 cm³/mol. The van der Waals surface area contributed by atoms with Gasteiger partial charge in [-0.3, -0.25) is 0 Å². The molecule has 0 radical (unpaired) electrons. The van der Waals surface area contributed by atoms with Crippen molar-refractivity contribution in [2.45, 2.75) is 43.9 Å². The second-order valence-electron chi connectivity index (χ2n) is 20.8. The lowest BCUT2D eigenvalue weighted by Gasteiger charge is -2.39. The van der Waals surface area contributed by atoms with E-state index in [1.807, 2.05) is 0 Å². The Labute approximate surface area is 403 Å². The van der Waals surface area contributed by atoms with Gasteiger partial charge in [0.15, 0.2) is 0 Å². The predicted octanol–water partition coefficient (Wildman–Crippen LogP) is 17.2. The van der Waals surface area contributed by atoms with Crippen LogP contribution in [0.5, 0.6) is 0 Å². The first kappa shape index (κ1) is 38.9. The minimum absolute atomic E-state index is 0.150. The molecule has 3 aliphatic carbocycles. The average molecular weight is 881 g/mol. The van der Waals surface area contributed by atoms with E-state index in [0.29, 0.717) is 0 Å². The smallest absolute Gasteiger partial charge is 0.0754 e. The molecule has 2 heterocycles. The fourth-order valence-electron chi connectivity index (χ4n) is 13.7. The van der Waals surface area contributed by atoms with Crippen LogP contribution in [-0.4, -0.2) is 4.57 Å². The van der Waals surface area contributed by atoms with Crippen molar-refractivity contribution in [3.8, 4) is 50.2 Å². The van der Waals surface area contributed by atoms with Crippen LogP contribution in [0, 0.1) is 0 Å². The molecule has 326 valence electrons. The maximum atomic E-state index is 2.55. The molecule has 1 aromatic heterocycles. The van der Waals surface area contributed by atoms with Gasteiger partial charge in [0, 0.05) is 38.5 Å². The fraction of sp³-hybridized carbons (Fsp3) is 0.104. The first-order valence-electron chi connectivity index (χ1n) is 24.5. The molecule has 1 atom stereocenters. The monoisotopic (exact) mass is 880 g/mol. The van der Waals surface area contributed by atoms with E-state index in [1.54, 1.807) is 0 Å². The third kappa shape index (κ3) is 4.86. The summed E-state index contributed by atoms with van der Waals surface area (Å²) < 4.78 is 2.53. The third-order valence-corrected chi connectivity index (χ3v) is 16.8. The van der Waals surface area contributed by atoms with Gasteiger partial charge in [0.25, 0.3) is 0 Å². The van der Waals surface area contributed by atoms with Crippen molar-refractivity contribution in [1.82, 2.24) is 4.57 Å². The zero-order valence-corrected chi connectivity index (χ0v) is 39.2. The standard InChI is InChI=1S/C67H48N2/c1-65(2)53-24-10-5-19-45(53)48-36-33-42(39-58(48)65)68(43-34-37-49-46-20-6-11-25-54(46)66(3,4)59(49)40-43)61-29-14-8-18-44(61)41-32-35-50-47-21-7-12-26-55(47)67(60(50)38-41)56-27-13-16-31-63(56)69-62-30-15-9-22-51(62)52-23-17-28-57(67)64(52)69/h5-40H,1-4H3. The Morgan fingerprint density at radius 3 is 1.49 bits per heavy atom. The SMILES string of the molecule is CC1(C)c2ccccc2-c2ccc(N(c3ccc4c(c3)C(C)(C)c3ccccc3-4)c3ccccc3-c3ccc4c(c3)C3(c5ccccc5-4)c4ccccc4-n4c5ccccc5c5cccc3c54)cc21. The topological polar surface area (TPSA) is 8.17 Å². The second-order valence-corrected chi connectivity index (χ2v) is 20.8. The van der Waals surface area contributed by atoms with E-state index in [4.69, 9.17) is 0 Å². The summed E-state index contributed by atoms with van der Waals surface area (Å²) in [5.74, 6) is 0.